The van der Waals surface area contributed by atoms with Crippen LogP contribution >= 0.6 is 15.9 Å². The van der Waals surface area contributed by atoms with Crippen molar-refractivity contribution in [1.29, 1.82) is 0 Å². The molecule has 0 bridgehead atoms. The maximum Gasteiger partial charge on any atom is 0.128 e. The molecule has 0 saturated carbocycles. The Balaban J connectivity index is 2.60. The summed E-state index contributed by atoms with van der Waals surface area (Å²) in [6.45, 7) is 0.475. The van der Waals surface area contributed by atoms with Crippen LogP contribution in [0.15, 0.2) is 22.7 Å². The molecule has 2 rings (SSSR count). The van der Waals surface area contributed by atoms with Crippen LogP contribution in [-0.2, 0) is 6.42 Å². The third-order valence-corrected chi connectivity index (χ3v) is 2.97. The first-order valence-corrected chi connectivity index (χ1v) is 5.39. The quantitative estimate of drug-likeness (QED) is 0.821. The largest absolute Gasteiger partial charge is 0.326 e. The molecule has 0 radical (unpaired) electrons. The van der Waals surface area contributed by atoms with E-state index in [9.17, 15) is 4.39 Å². The molecule has 2 N–H and O–H groups in total. The highest BCUT2D eigenvalue weighted by atomic mass is 79.9. The summed E-state index contributed by atoms with van der Waals surface area (Å²) in [4.78, 5) is 0. The van der Waals surface area contributed by atoms with Crippen molar-refractivity contribution in [2.24, 2.45) is 5.73 Å². The van der Waals surface area contributed by atoms with Crippen LogP contribution < -0.4 is 5.73 Å². The first kappa shape index (κ1) is 9.87. The molecule has 0 saturated heterocycles. The summed E-state index contributed by atoms with van der Waals surface area (Å²) in [5.41, 5.74) is 8.43. The molecule has 1 aromatic carbocycles. The van der Waals surface area contributed by atoms with E-state index in [1.165, 1.54) is 6.07 Å². The van der Waals surface area contributed by atoms with Crippen molar-refractivity contribution >= 4 is 21.5 Å². The Kier molecular flexibility index (Phi) is 2.70. The molecule has 1 nitrogen and oxygen atoms in total. The molecule has 14 heavy (non-hydrogen) atoms. The van der Waals surface area contributed by atoms with Crippen LogP contribution in [0, 0.1) is 5.82 Å². The molecule has 0 fully saturated rings. The van der Waals surface area contributed by atoms with Crippen molar-refractivity contribution in [1.82, 2.24) is 0 Å². The third kappa shape index (κ3) is 1.62. The number of hydrogen-bond acceptors (Lipinski definition) is 1. The second-order valence-electron chi connectivity index (χ2n) is 3.39. The van der Waals surface area contributed by atoms with E-state index in [0.29, 0.717) is 6.54 Å². The van der Waals surface area contributed by atoms with Crippen molar-refractivity contribution in [2.45, 2.75) is 12.8 Å². The molecule has 74 valence electrons. The van der Waals surface area contributed by atoms with Crippen LogP contribution in [0.25, 0.3) is 5.57 Å². The normalized spacial score (nSPS) is 14.9. The average molecular weight is 256 g/mol. The Labute approximate surface area is 90.9 Å². The molecular weight excluding hydrogens is 245 g/mol. The highest BCUT2D eigenvalue weighted by Crippen LogP contribution is 2.30. The molecule has 0 unspecified atom stereocenters. The van der Waals surface area contributed by atoms with Gasteiger partial charge in [-0.2, -0.15) is 0 Å². The fourth-order valence-corrected chi connectivity index (χ4v) is 2.27. The smallest absolute Gasteiger partial charge is 0.128 e. The van der Waals surface area contributed by atoms with Gasteiger partial charge in [0.05, 0.1) is 0 Å². The first-order chi connectivity index (χ1) is 6.72. The number of halogens is 2. The zero-order valence-electron chi connectivity index (χ0n) is 7.69. The van der Waals surface area contributed by atoms with Crippen molar-refractivity contribution in [3.8, 4) is 0 Å². The average Bonchev–Trinajstić information content (AvgIpc) is 2.17. The SMILES string of the molecule is NCC1=CCCc2c(F)cc(Br)cc21. The lowest BCUT2D eigenvalue weighted by Crippen LogP contribution is -2.10. The van der Waals surface area contributed by atoms with Crippen LogP contribution in [0.3, 0.4) is 0 Å². The molecule has 1 aromatic rings. The fraction of sp³-hybridized carbons (Fsp3) is 0.273. The Hall–Kier alpha value is -0.670. The summed E-state index contributed by atoms with van der Waals surface area (Å²) in [7, 11) is 0. The highest BCUT2D eigenvalue weighted by Gasteiger charge is 2.15. The van der Waals surface area contributed by atoms with E-state index in [2.05, 4.69) is 22.0 Å². The second kappa shape index (κ2) is 3.83. The minimum Gasteiger partial charge on any atom is -0.326 e. The van der Waals surface area contributed by atoms with E-state index >= 15 is 0 Å². The molecule has 1 aliphatic rings. The van der Waals surface area contributed by atoms with Crippen LogP contribution in [0.4, 0.5) is 4.39 Å². The van der Waals surface area contributed by atoms with Gasteiger partial charge in [-0.15, -0.1) is 0 Å². The summed E-state index contributed by atoms with van der Waals surface area (Å²) in [5.74, 6) is -0.131. The Bertz CT molecular complexity index is 399. The minimum absolute atomic E-state index is 0.131. The van der Waals surface area contributed by atoms with Crippen LogP contribution in [0.2, 0.25) is 0 Å². The standard InChI is InChI=1S/C11H11BrFN/c12-8-4-10-7(6-14)2-1-3-9(10)11(13)5-8/h2,4-5H,1,3,6,14H2. The molecule has 0 amide bonds. The van der Waals surface area contributed by atoms with E-state index in [1.54, 1.807) is 0 Å². The Morgan fingerprint density at radius 1 is 1.43 bits per heavy atom. The molecule has 0 spiro atoms. The van der Waals surface area contributed by atoms with Gasteiger partial charge in [-0.05, 0) is 41.7 Å². The van der Waals surface area contributed by atoms with Crippen molar-refractivity contribution in [2.75, 3.05) is 6.54 Å². The van der Waals surface area contributed by atoms with Gasteiger partial charge in [0.2, 0.25) is 0 Å². The van der Waals surface area contributed by atoms with E-state index < -0.39 is 0 Å². The minimum atomic E-state index is -0.131. The van der Waals surface area contributed by atoms with E-state index in [1.807, 2.05) is 6.07 Å². The van der Waals surface area contributed by atoms with Crippen LogP contribution in [-0.4, -0.2) is 6.54 Å². The Morgan fingerprint density at radius 2 is 2.21 bits per heavy atom. The van der Waals surface area contributed by atoms with E-state index in [4.69, 9.17) is 5.73 Å². The third-order valence-electron chi connectivity index (χ3n) is 2.51. The van der Waals surface area contributed by atoms with E-state index in [-0.39, 0.29) is 5.82 Å². The van der Waals surface area contributed by atoms with Gasteiger partial charge in [0, 0.05) is 11.0 Å². The lowest BCUT2D eigenvalue weighted by molar-refractivity contribution is 0.606. The number of hydrogen-bond donors (Lipinski definition) is 1. The monoisotopic (exact) mass is 255 g/mol. The summed E-state index contributed by atoms with van der Waals surface area (Å²) in [5, 5.41) is 0. The van der Waals surface area contributed by atoms with Gasteiger partial charge < -0.3 is 5.73 Å². The lowest BCUT2D eigenvalue weighted by Gasteiger charge is -2.17. The summed E-state index contributed by atoms with van der Waals surface area (Å²) >= 11 is 3.29. The van der Waals surface area contributed by atoms with Gasteiger partial charge in [-0.25, -0.2) is 4.39 Å². The van der Waals surface area contributed by atoms with Crippen molar-refractivity contribution in [3.63, 3.8) is 0 Å². The van der Waals surface area contributed by atoms with Crippen LogP contribution in [0.1, 0.15) is 17.5 Å². The van der Waals surface area contributed by atoms with Gasteiger partial charge in [0.1, 0.15) is 5.82 Å². The number of nitrogens with two attached hydrogens (primary N) is 1. The highest BCUT2D eigenvalue weighted by molar-refractivity contribution is 9.10. The molecule has 0 aromatic heterocycles. The summed E-state index contributed by atoms with van der Waals surface area (Å²) in [6.07, 6.45) is 3.75. The number of benzene rings is 1. The van der Waals surface area contributed by atoms with Crippen LogP contribution in [0.5, 0.6) is 0 Å². The fourth-order valence-electron chi connectivity index (χ4n) is 1.84. The van der Waals surface area contributed by atoms with Gasteiger partial charge in [-0.1, -0.05) is 22.0 Å². The second-order valence-corrected chi connectivity index (χ2v) is 4.30. The number of fused-ring (bicyclic) bond motifs is 1. The molecular formula is C11H11BrFN. The number of rotatable bonds is 1. The van der Waals surface area contributed by atoms with Gasteiger partial charge >= 0.3 is 0 Å². The maximum atomic E-state index is 13.5. The molecule has 3 heteroatoms. The summed E-state index contributed by atoms with van der Waals surface area (Å²) in [6, 6.07) is 3.45. The molecule has 0 heterocycles. The van der Waals surface area contributed by atoms with Crippen molar-refractivity contribution < 1.29 is 4.39 Å². The zero-order valence-corrected chi connectivity index (χ0v) is 9.27. The number of allylic oxidation sites excluding steroid dienone is 1. The van der Waals surface area contributed by atoms with Gasteiger partial charge in [0.15, 0.2) is 0 Å². The Morgan fingerprint density at radius 3 is 2.93 bits per heavy atom. The lowest BCUT2D eigenvalue weighted by atomic mass is 9.90. The molecule has 0 atom stereocenters. The van der Waals surface area contributed by atoms with Crippen molar-refractivity contribution in [3.05, 3.63) is 39.6 Å². The molecule has 0 aliphatic heterocycles. The summed E-state index contributed by atoms with van der Waals surface area (Å²) < 4.78 is 14.3. The predicted molar refractivity (Wildman–Crippen MR) is 59.5 cm³/mol. The topological polar surface area (TPSA) is 26.0 Å². The predicted octanol–water partition coefficient (Wildman–Crippen LogP) is 2.88. The van der Waals surface area contributed by atoms with E-state index in [0.717, 1.165) is 34.0 Å². The maximum absolute atomic E-state index is 13.5. The van der Waals surface area contributed by atoms with Gasteiger partial charge in [-0.3, -0.25) is 0 Å². The zero-order chi connectivity index (χ0) is 10.1. The van der Waals surface area contributed by atoms with Gasteiger partial charge in [0.25, 0.3) is 0 Å². The first-order valence-electron chi connectivity index (χ1n) is 4.59. The molecule has 1 aliphatic carbocycles.